The van der Waals surface area contributed by atoms with E-state index in [1.54, 1.807) is 0 Å². The lowest BCUT2D eigenvalue weighted by molar-refractivity contribution is 0.0632. The standard InChI is InChI=1S/C20H28N2O.2C2H6/c1-4-20(12-8-5-9-13-20)15-21(2)19(23)18-14-16-10-6-7-11-17(16)22(18)3;2*1-2/h6-7,10-11,14H,4-5,8-9,12-13,15H2,1-3H3;2*1-2H3. The number of hydrogen-bond donors (Lipinski definition) is 0. The zero-order chi connectivity index (χ0) is 20.4. The molecule has 152 valence electrons. The fraction of sp³-hybridized carbons (Fsp3) is 0.625. The first-order valence-electron chi connectivity index (χ1n) is 10.9. The molecule has 0 unspecified atom stereocenters. The summed E-state index contributed by atoms with van der Waals surface area (Å²) < 4.78 is 2.02. The number of rotatable bonds is 4. The van der Waals surface area contributed by atoms with Gasteiger partial charge in [0.1, 0.15) is 5.69 Å². The molecule has 1 aliphatic rings. The molecule has 3 nitrogen and oxygen atoms in total. The molecule has 1 aliphatic carbocycles. The Hall–Kier alpha value is -1.77. The van der Waals surface area contributed by atoms with Crippen LogP contribution in [0.3, 0.4) is 0 Å². The number of carbonyl (C=O) groups is 1. The number of aryl methyl sites for hydroxylation is 1. The Morgan fingerprint density at radius 3 is 2.22 bits per heavy atom. The lowest BCUT2D eigenvalue weighted by atomic mass is 9.72. The number of hydrogen-bond acceptors (Lipinski definition) is 1. The van der Waals surface area contributed by atoms with Gasteiger partial charge < -0.3 is 9.47 Å². The largest absolute Gasteiger partial charge is 0.340 e. The summed E-state index contributed by atoms with van der Waals surface area (Å²) in [4.78, 5) is 14.9. The maximum absolute atomic E-state index is 13.0. The van der Waals surface area contributed by atoms with Crippen LogP contribution >= 0.6 is 0 Å². The van der Waals surface area contributed by atoms with Crippen molar-refractivity contribution in [3.8, 4) is 0 Å². The number of fused-ring (bicyclic) bond motifs is 1. The summed E-state index contributed by atoms with van der Waals surface area (Å²) in [7, 11) is 3.95. The molecule has 0 spiro atoms. The minimum absolute atomic E-state index is 0.141. The van der Waals surface area contributed by atoms with Gasteiger partial charge in [-0.05, 0) is 36.8 Å². The van der Waals surface area contributed by atoms with Crippen molar-refractivity contribution in [1.82, 2.24) is 9.47 Å². The van der Waals surface area contributed by atoms with E-state index in [-0.39, 0.29) is 5.91 Å². The van der Waals surface area contributed by atoms with Crippen molar-refractivity contribution in [2.75, 3.05) is 13.6 Å². The van der Waals surface area contributed by atoms with Crippen LogP contribution < -0.4 is 0 Å². The van der Waals surface area contributed by atoms with E-state index >= 15 is 0 Å². The molecule has 27 heavy (non-hydrogen) atoms. The summed E-state index contributed by atoms with van der Waals surface area (Å²) in [6, 6.07) is 10.2. The van der Waals surface area contributed by atoms with Crippen LogP contribution in [0.15, 0.2) is 30.3 Å². The maximum atomic E-state index is 13.0. The van der Waals surface area contributed by atoms with E-state index in [9.17, 15) is 4.79 Å². The summed E-state index contributed by atoms with van der Waals surface area (Å²) in [6.45, 7) is 11.2. The van der Waals surface area contributed by atoms with Crippen LogP contribution in [0.5, 0.6) is 0 Å². The van der Waals surface area contributed by atoms with Crippen LogP contribution in [0.2, 0.25) is 0 Å². The van der Waals surface area contributed by atoms with Gasteiger partial charge in [-0.25, -0.2) is 0 Å². The minimum atomic E-state index is 0.141. The lowest BCUT2D eigenvalue weighted by Gasteiger charge is -2.39. The van der Waals surface area contributed by atoms with Crippen molar-refractivity contribution in [2.24, 2.45) is 12.5 Å². The molecule has 1 fully saturated rings. The summed E-state index contributed by atoms with van der Waals surface area (Å²) in [5.74, 6) is 0.141. The SMILES string of the molecule is CC.CC.CCC1(CN(C)C(=O)c2cc3ccccc3n2C)CCCCC1. The summed E-state index contributed by atoms with van der Waals surface area (Å²) >= 11 is 0. The Labute approximate surface area is 166 Å². The zero-order valence-electron chi connectivity index (χ0n) is 18.6. The van der Waals surface area contributed by atoms with Crippen molar-refractivity contribution in [3.63, 3.8) is 0 Å². The van der Waals surface area contributed by atoms with Crippen LogP contribution in [-0.4, -0.2) is 29.0 Å². The van der Waals surface area contributed by atoms with E-state index in [2.05, 4.69) is 19.1 Å². The Morgan fingerprint density at radius 1 is 1.07 bits per heavy atom. The lowest BCUT2D eigenvalue weighted by Crippen LogP contribution is -2.40. The van der Waals surface area contributed by atoms with Gasteiger partial charge in [0.2, 0.25) is 0 Å². The second-order valence-corrected chi connectivity index (χ2v) is 7.22. The van der Waals surface area contributed by atoms with Gasteiger partial charge in [-0.3, -0.25) is 4.79 Å². The average Bonchev–Trinajstić information content (AvgIpc) is 3.08. The number of nitrogens with zero attached hydrogens (tertiary/aromatic N) is 2. The van der Waals surface area contributed by atoms with Crippen LogP contribution in [-0.2, 0) is 7.05 Å². The molecule has 0 radical (unpaired) electrons. The molecule has 3 rings (SSSR count). The highest BCUT2D eigenvalue weighted by Gasteiger charge is 2.33. The topological polar surface area (TPSA) is 25.2 Å². The fourth-order valence-electron chi connectivity index (χ4n) is 4.19. The number of amides is 1. The molecular weight excluding hydrogens is 332 g/mol. The van der Waals surface area contributed by atoms with Gasteiger partial charge in [0, 0.05) is 31.5 Å². The van der Waals surface area contributed by atoms with Crippen molar-refractivity contribution >= 4 is 16.8 Å². The van der Waals surface area contributed by atoms with E-state index in [1.165, 1.54) is 38.5 Å². The monoisotopic (exact) mass is 372 g/mol. The third-order valence-electron chi connectivity index (χ3n) is 5.75. The van der Waals surface area contributed by atoms with E-state index in [0.29, 0.717) is 5.41 Å². The predicted molar refractivity (Wildman–Crippen MR) is 118 cm³/mol. The molecule has 1 aromatic carbocycles. The highest BCUT2D eigenvalue weighted by atomic mass is 16.2. The van der Waals surface area contributed by atoms with Crippen molar-refractivity contribution in [1.29, 1.82) is 0 Å². The van der Waals surface area contributed by atoms with Gasteiger partial charge in [0.05, 0.1) is 0 Å². The number of carbonyl (C=O) groups excluding carboxylic acids is 1. The number of aromatic nitrogens is 1. The van der Waals surface area contributed by atoms with Gasteiger partial charge in [-0.2, -0.15) is 0 Å². The van der Waals surface area contributed by atoms with Gasteiger partial charge in [0.15, 0.2) is 0 Å². The molecule has 0 bridgehead atoms. The number of para-hydroxylation sites is 1. The van der Waals surface area contributed by atoms with E-state index < -0.39 is 0 Å². The van der Waals surface area contributed by atoms with Crippen LogP contribution in [0.4, 0.5) is 0 Å². The fourth-order valence-corrected chi connectivity index (χ4v) is 4.19. The van der Waals surface area contributed by atoms with Gasteiger partial charge >= 0.3 is 0 Å². The van der Waals surface area contributed by atoms with Gasteiger partial charge in [-0.15, -0.1) is 0 Å². The van der Waals surface area contributed by atoms with Crippen molar-refractivity contribution < 1.29 is 4.79 Å². The summed E-state index contributed by atoms with van der Waals surface area (Å²) in [5.41, 5.74) is 2.23. The number of benzene rings is 1. The van der Waals surface area contributed by atoms with E-state index in [1.807, 2.05) is 69.5 Å². The Bertz CT molecular complexity index is 695. The second-order valence-electron chi connectivity index (χ2n) is 7.22. The molecule has 3 heteroatoms. The van der Waals surface area contributed by atoms with Crippen LogP contribution in [0.25, 0.3) is 10.9 Å². The van der Waals surface area contributed by atoms with Crippen molar-refractivity contribution in [3.05, 3.63) is 36.0 Å². The average molecular weight is 373 g/mol. The van der Waals surface area contributed by atoms with Gasteiger partial charge in [-0.1, -0.05) is 72.1 Å². The smallest absolute Gasteiger partial charge is 0.270 e. The van der Waals surface area contributed by atoms with E-state index in [4.69, 9.17) is 0 Å². The maximum Gasteiger partial charge on any atom is 0.270 e. The van der Waals surface area contributed by atoms with Crippen LogP contribution in [0.1, 0.15) is 83.6 Å². The van der Waals surface area contributed by atoms with Crippen molar-refractivity contribution in [2.45, 2.75) is 73.1 Å². The third-order valence-corrected chi connectivity index (χ3v) is 5.75. The summed E-state index contributed by atoms with van der Waals surface area (Å²) in [5, 5.41) is 1.13. The molecule has 0 aliphatic heterocycles. The molecule has 0 N–H and O–H groups in total. The third kappa shape index (κ3) is 5.37. The highest BCUT2D eigenvalue weighted by molar-refractivity contribution is 5.98. The Morgan fingerprint density at radius 2 is 1.67 bits per heavy atom. The highest BCUT2D eigenvalue weighted by Crippen LogP contribution is 2.39. The molecule has 1 heterocycles. The van der Waals surface area contributed by atoms with Crippen LogP contribution in [0, 0.1) is 5.41 Å². The Balaban J connectivity index is 0.000000855. The molecule has 1 aromatic heterocycles. The quantitative estimate of drug-likeness (QED) is 0.589. The first kappa shape index (κ1) is 23.3. The van der Waals surface area contributed by atoms with E-state index in [0.717, 1.165) is 23.1 Å². The van der Waals surface area contributed by atoms with Gasteiger partial charge in [0.25, 0.3) is 5.91 Å². The minimum Gasteiger partial charge on any atom is -0.340 e. The summed E-state index contributed by atoms with van der Waals surface area (Å²) in [6.07, 6.45) is 7.66. The first-order chi connectivity index (χ1) is 13.1. The normalized spacial score (nSPS) is 15.2. The molecule has 0 atom stereocenters. The molecule has 2 aromatic rings. The Kier molecular flexibility index (Phi) is 9.62. The first-order valence-corrected chi connectivity index (χ1v) is 10.9. The molecule has 1 amide bonds. The molecule has 0 saturated heterocycles. The second kappa shape index (κ2) is 11.2. The molecule has 1 saturated carbocycles. The zero-order valence-corrected chi connectivity index (χ0v) is 18.6. The predicted octanol–water partition coefficient (Wildman–Crippen LogP) is 6.66. The molecular formula is C24H40N2O.